The van der Waals surface area contributed by atoms with Gasteiger partial charge in [0.1, 0.15) is 5.54 Å². The third-order valence-corrected chi connectivity index (χ3v) is 7.49. The highest BCUT2D eigenvalue weighted by molar-refractivity contribution is 6.07. The summed E-state index contributed by atoms with van der Waals surface area (Å²) < 4.78 is 0. The SMILES string of the molecule is C#Cc1ccc(CN2CCC3(CC2)C(=O)N(C2Cc4ccccc4C2)C(=O)N3CC)cc1. The van der Waals surface area contributed by atoms with Gasteiger partial charge in [-0.3, -0.25) is 14.6 Å². The van der Waals surface area contributed by atoms with Crippen LogP contribution in [0.3, 0.4) is 0 Å². The average molecular weight is 428 g/mol. The van der Waals surface area contributed by atoms with Crippen molar-refractivity contribution >= 4 is 11.9 Å². The first-order valence-electron chi connectivity index (χ1n) is 11.6. The molecule has 5 heteroatoms. The molecule has 32 heavy (non-hydrogen) atoms. The quantitative estimate of drug-likeness (QED) is 0.555. The van der Waals surface area contributed by atoms with Crippen LogP contribution < -0.4 is 0 Å². The topological polar surface area (TPSA) is 43.9 Å². The molecule has 164 valence electrons. The summed E-state index contributed by atoms with van der Waals surface area (Å²) in [5.74, 6) is 2.66. The molecule has 2 heterocycles. The normalized spacial score (nSPS) is 20.8. The van der Waals surface area contributed by atoms with Crippen LogP contribution in [0.25, 0.3) is 0 Å². The molecule has 0 bridgehead atoms. The van der Waals surface area contributed by atoms with Gasteiger partial charge in [-0.25, -0.2) is 4.79 Å². The number of carbonyl (C=O) groups is 2. The number of carbonyl (C=O) groups excluding carboxylic acids is 2. The molecule has 0 radical (unpaired) electrons. The second-order valence-corrected chi connectivity index (χ2v) is 9.18. The number of piperidine rings is 1. The molecule has 1 aliphatic carbocycles. The highest BCUT2D eigenvalue weighted by Crippen LogP contribution is 2.40. The molecule has 5 rings (SSSR count). The lowest BCUT2D eigenvalue weighted by molar-refractivity contribution is -0.137. The van der Waals surface area contributed by atoms with Gasteiger partial charge in [0, 0.05) is 37.8 Å². The van der Waals surface area contributed by atoms with E-state index in [1.807, 2.05) is 36.1 Å². The molecular weight excluding hydrogens is 398 g/mol. The summed E-state index contributed by atoms with van der Waals surface area (Å²) in [6.07, 6.45) is 8.35. The highest BCUT2D eigenvalue weighted by atomic mass is 16.2. The van der Waals surface area contributed by atoms with Gasteiger partial charge in [-0.05, 0) is 61.4 Å². The number of hydrogen-bond donors (Lipinski definition) is 0. The smallest absolute Gasteiger partial charge is 0.310 e. The predicted molar refractivity (Wildman–Crippen MR) is 124 cm³/mol. The van der Waals surface area contributed by atoms with E-state index in [0.29, 0.717) is 19.4 Å². The van der Waals surface area contributed by atoms with Crippen molar-refractivity contribution in [2.75, 3.05) is 19.6 Å². The molecule has 0 atom stereocenters. The first-order valence-corrected chi connectivity index (χ1v) is 11.6. The van der Waals surface area contributed by atoms with Gasteiger partial charge in [-0.2, -0.15) is 0 Å². The number of benzene rings is 2. The van der Waals surface area contributed by atoms with Crippen LogP contribution in [0.15, 0.2) is 48.5 Å². The number of fused-ring (bicyclic) bond motifs is 1. The van der Waals surface area contributed by atoms with Crippen LogP contribution in [0.5, 0.6) is 0 Å². The van der Waals surface area contributed by atoms with Gasteiger partial charge in [-0.15, -0.1) is 6.42 Å². The monoisotopic (exact) mass is 427 g/mol. The summed E-state index contributed by atoms with van der Waals surface area (Å²) in [5, 5.41) is 0. The molecule has 0 saturated carbocycles. The van der Waals surface area contributed by atoms with Crippen molar-refractivity contribution in [3.63, 3.8) is 0 Å². The van der Waals surface area contributed by atoms with Crippen molar-refractivity contribution < 1.29 is 9.59 Å². The maximum atomic E-state index is 13.8. The van der Waals surface area contributed by atoms with Crippen LogP contribution in [-0.4, -0.2) is 57.9 Å². The standard InChI is InChI=1S/C27H29N3O2/c1-3-20-9-11-21(12-10-20)19-28-15-13-27(14-16-28)25(31)30(26(32)29(27)4-2)24-17-22-7-5-6-8-23(22)18-24/h1,5-12,24H,4,13-19H2,2H3. The van der Waals surface area contributed by atoms with E-state index in [0.717, 1.165) is 38.0 Å². The second-order valence-electron chi connectivity index (χ2n) is 9.18. The summed E-state index contributed by atoms with van der Waals surface area (Å²) in [6.45, 7) is 4.97. The molecular formula is C27H29N3O2. The van der Waals surface area contributed by atoms with Crippen molar-refractivity contribution in [2.45, 2.75) is 50.7 Å². The molecule has 2 saturated heterocycles. The van der Waals surface area contributed by atoms with E-state index in [4.69, 9.17) is 6.42 Å². The maximum Gasteiger partial charge on any atom is 0.327 e. The lowest BCUT2D eigenvalue weighted by atomic mass is 9.85. The number of likely N-dealkylation sites (N-methyl/N-ethyl adjacent to an activating group) is 1. The number of imide groups is 1. The number of hydrogen-bond acceptors (Lipinski definition) is 3. The summed E-state index contributed by atoms with van der Waals surface area (Å²) in [6, 6.07) is 16.2. The van der Waals surface area contributed by atoms with Crippen LogP contribution in [0.2, 0.25) is 0 Å². The molecule has 2 aromatic rings. The number of amides is 3. The van der Waals surface area contributed by atoms with Gasteiger partial charge in [0.15, 0.2) is 0 Å². The first-order chi connectivity index (χ1) is 15.6. The van der Waals surface area contributed by atoms with Crippen molar-refractivity contribution in [1.29, 1.82) is 0 Å². The van der Waals surface area contributed by atoms with E-state index in [-0.39, 0.29) is 18.0 Å². The Kier molecular flexibility index (Phi) is 5.27. The Morgan fingerprint density at radius 2 is 1.62 bits per heavy atom. The summed E-state index contributed by atoms with van der Waals surface area (Å²) >= 11 is 0. The second kappa shape index (κ2) is 8.11. The van der Waals surface area contributed by atoms with Crippen molar-refractivity contribution in [2.24, 2.45) is 0 Å². The summed E-state index contributed by atoms with van der Waals surface area (Å²) in [5.41, 5.74) is 3.92. The zero-order valence-electron chi connectivity index (χ0n) is 18.6. The van der Waals surface area contributed by atoms with Gasteiger partial charge in [0.05, 0.1) is 0 Å². The number of rotatable bonds is 4. The molecule has 0 aromatic heterocycles. The van der Waals surface area contributed by atoms with E-state index in [2.05, 4.69) is 35.1 Å². The maximum absolute atomic E-state index is 13.8. The minimum absolute atomic E-state index is 0.0141. The Morgan fingerprint density at radius 1 is 1.00 bits per heavy atom. The highest BCUT2D eigenvalue weighted by Gasteiger charge is 2.59. The van der Waals surface area contributed by atoms with E-state index < -0.39 is 5.54 Å². The lowest BCUT2D eigenvalue weighted by Crippen LogP contribution is -2.56. The third kappa shape index (κ3) is 3.30. The van der Waals surface area contributed by atoms with E-state index in [1.165, 1.54) is 16.7 Å². The zero-order valence-corrected chi connectivity index (χ0v) is 18.6. The van der Waals surface area contributed by atoms with Crippen LogP contribution in [0.4, 0.5) is 4.79 Å². The summed E-state index contributed by atoms with van der Waals surface area (Å²) in [4.78, 5) is 33.0. The number of urea groups is 1. The third-order valence-electron chi connectivity index (χ3n) is 7.49. The Labute approximate surface area is 190 Å². The van der Waals surface area contributed by atoms with Crippen molar-refractivity contribution in [3.8, 4) is 12.3 Å². The minimum atomic E-state index is -0.690. The van der Waals surface area contributed by atoms with Gasteiger partial charge in [-0.1, -0.05) is 42.3 Å². The number of nitrogens with zero attached hydrogens (tertiary/aromatic N) is 3. The van der Waals surface area contributed by atoms with Crippen LogP contribution in [-0.2, 0) is 24.2 Å². The molecule has 1 spiro atoms. The minimum Gasteiger partial charge on any atom is -0.310 e. The largest absolute Gasteiger partial charge is 0.327 e. The molecule has 0 N–H and O–H groups in total. The molecule has 5 nitrogen and oxygen atoms in total. The number of likely N-dealkylation sites (tertiary alicyclic amines) is 1. The lowest BCUT2D eigenvalue weighted by Gasteiger charge is -2.42. The molecule has 0 unspecified atom stereocenters. The average Bonchev–Trinajstić information content (AvgIpc) is 3.32. The van der Waals surface area contributed by atoms with Gasteiger partial charge in [0.25, 0.3) is 5.91 Å². The fraction of sp³-hybridized carbons (Fsp3) is 0.407. The number of terminal acetylenes is 1. The molecule has 2 aliphatic heterocycles. The Morgan fingerprint density at radius 3 is 2.19 bits per heavy atom. The zero-order chi connectivity index (χ0) is 22.3. The first kappa shape index (κ1) is 20.8. The van der Waals surface area contributed by atoms with Crippen molar-refractivity contribution in [1.82, 2.24) is 14.7 Å². The molecule has 3 aliphatic rings. The van der Waals surface area contributed by atoms with E-state index >= 15 is 0 Å². The van der Waals surface area contributed by atoms with Gasteiger partial charge >= 0.3 is 6.03 Å². The fourth-order valence-electron chi connectivity index (χ4n) is 5.75. The Bertz CT molecular complexity index is 1050. The van der Waals surface area contributed by atoms with Crippen LogP contribution >= 0.6 is 0 Å². The van der Waals surface area contributed by atoms with E-state index in [9.17, 15) is 9.59 Å². The fourth-order valence-corrected chi connectivity index (χ4v) is 5.75. The van der Waals surface area contributed by atoms with Gasteiger partial charge in [0.2, 0.25) is 0 Å². The Balaban J connectivity index is 1.30. The van der Waals surface area contributed by atoms with Crippen LogP contribution in [0.1, 0.15) is 42.0 Å². The predicted octanol–water partition coefficient (Wildman–Crippen LogP) is 3.45. The molecule has 2 aromatic carbocycles. The molecule has 3 amide bonds. The van der Waals surface area contributed by atoms with Crippen molar-refractivity contribution in [3.05, 3.63) is 70.8 Å². The summed E-state index contributed by atoms with van der Waals surface area (Å²) in [7, 11) is 0. The van der Waals surface area contributed by atoms with E-state index in [1.54, 1.807) is 4.90 Å². The molecule has 2 fully saturated rings. The van der Waals surface area contributed by atoms with Crippen LogP contribution in [0, 0.1) is 12.3 Å². The Hall–Kier alpha value is -3.10. The van der Waals surface area contributed by atoms with Gasteiger partial charge < -0.3 is 4.90 Å².